The highest BCUT2D eigenvalue weighted by Gasteiger charge is 2.36. The summed E-state index contributed by atoms with van der Waals surface area (Å²) in [5.74, 6) is -0.112. The number of amides is 1. The van der Waals surface area contributed by atoms with Gasteiger partial charge in [-0.25, -0.2) is 9.37 Å². The molecule has 0 atom stereocenters. The zero-order valence-corrected chi connectivity index (χ0v) is 20.8. The molecule has 6 nitrogen and oxygen atoms in total. The summed E-state index contributed by atoms with van der Waals surface area (Å²) in [5, 5.41) is 1.04. The molecule has 0 radical (unpaired) electrons. The van der Waals surface area contributed by atoms with Gasteiger partial charge < -0.3 is 9.47 Å². The second-order valence-electron chi connectivity index (χ2n) is 8.06. The molecule has 3 aromatic rings. The lowest BCUT2D eigenvalue weighted by atomic mass is 10.1. The van der Waals surface area contributed by atoms with Crippen molar-refractivity contribution in [2.45, 2.75) is 19.4 Å². The molecule has 0 aliphatic carbocycles. The zero-order chi connectivity index (χ0) is 22.7. The van der Waals surface area contributed by atoms with Gasteiger partial charge in [-0.05, 0) is 50.2 Å². The van der Waals surface area contributed by atoms with E-state index in [1.165, 1.54) is 17.4 Å². The highest BCUT2D eigenvalue weighted by molar-refractivity contribution is 7.22. The summed E-state index contributed by atoms with van der Waals surface area (Å²) in [4.78, 5) is 22.0. The van der Waals surface area contributed by atoms with Gasteiger partial charge in [-0.1, -0.05) is 29.0 Å². The molecule has 33 heavy (non-hydrogen) atoms. The Kier molecular flexibility index (Phi) is 8.53. The smallest absolute Gasteiger partial charge is 0.272 e. The maximum absolute atomic E-state index is 14.3. The van der Waals surface area contributed by atoms with E-state index < -0.39 is 11.4 Å². The van der Waals surface area contributed by atoms with E-state index in [4.69, 9.17) is 21.1 Å². The predicted molar refractivity (Wildman–Crippen MR) is 133 cm³/mol. The van der Waals surface area contributed by atoms with Gasteiger partial charge in [0.15, 0.2) is 10.7 Å². The Bertz CT molecular complexity index is 1090. The normalized spacial score (nSPS) is 14.7. The van der Waals surface area contributed by atoms with Crippen LogP contribution < -0.4 is 9.64 Å². The van der Waals surface area contributed by atoms with E-state index in [1.54, 1.807) is 55.1 Å². The highest BCUT2D eigenvalue weighted by atomic mass is 35.5. The molecule has 1 amide bonds. The van der Waals surface area contributed by atoms with Crippen molar-refractivity contribution in [1.29, 1.82) is 0 Å². The summed E-state index contributed by atoms with van der Waals surface area (Å²) in [5.41, 5.74) is -0.900. The highest BCUT2D eigenvalue weighted by Crippen LogP contribution is 2.32. The molecule has 178 valence electrons. The minimum Gasteiger partial charge on any atom is -0.478 e. The van der Waals surface area contributed by atoms with Gasteiger partial charge in [0.2, 0.25) is 0 Å². The summed E-state index contributed by atoms with van der Waals surface area (Å²) in [6.07, 6.45) is 0. The van der Waals surface area contributed by atoms with Gasteiger partial charge in [-0.2, -0.15) is 0 Å². The fourth-order valence-corrected chi connectivity index (χ4v) is 4.67. The van der Waals surface area contributed by atoms with Gasteiger partial charge >= 0.3 is 0 Å². The molecular formula is C23H26Cl2FN3O3S. The Morgan fingerprint density at radius 2 is 1.94 bits per heavy atom. The van der Waals surface area contributed by atoms with Crippen LogP contribution in [0.3, 0.4) is 0 Å². The molecule has 1 aromatic heterocycles. The number of anilines is 1. The van der Waals surface area contributed by atoms with Gasteiger partial charge in [0, 0.05) is 31.2 Å². The molecule has 0 bridgehead atoms. The molecule has 2 aromatic carbocycles. The first-order valence-corrected chi connectivity index (χ1v) is 11.6. The summed E-state index contributed by atoms with van der Waals surface area (Å²) in [6, 6.07) is 11.7. The number of nitrogens with zero attached hydrogens (tertiary/aromatic N) is 3. The molecule has 0 saturated carbocycles. The third kappa shape index (κ3) is 6.13. The van der Waals surface area contributed by atoms with E-state index in [2.05, 4.69) is 9.88 Å². The molecule has 1 saturated heterocycles. The Balaban J connectivity index is 0.00000306. The zero-order valence-electron chi connectivity index (χ0n) is 18.4. The second-order valence-corrected chi connectivity index (χ2v) is 9.51. The van der Waals surface area contributed by atoms with Crippen LogP contribution in [0.25, 0.3) is 10.2 Å². The monoisotopic (exact) mass is 513 g/mol. The van der Waals surface area contributed by atoms with Crippen molar-refractivity contribution in [1.82, 2.24) is 9.88 Å². The van der Waals surface area contributed by atoms with Gasteiger partial charge in [-0.3, -0.25) is 14.6 Å². The van der Waals surface area contributed by atoms with Crippen molar-refractivity contribution in [3.8, 4) is 5.75 Å². The van der Waals surface area contributed by atoms with Crippen LogP contribution in [-0.2, 0) is 9.53 Å². The summed E-state index contributed by atoms with van der Waals surface area (Å²) < 4.78 is 26.4. The number of ether oxygens (including phenoxy) is 2. The summed E-state index contributed by atoms with van der Waals surface area (Å²) >= 11 is 7.26. The lowest BCUT2D eigenvalue weighted by molar-refractivity contribution is -0.131. The van der Waals surface area contributed by atoms with Crippen molar-refractivity contribution in [2.75, 3.05) is 44.3 Å². The number of morpholine rings is 1. The first-order valence-electron chi connectivity index (χ1n) is 10.5. The Labute approximate surface area is 207 Å². The lowest BCUT2D eigenvalue weighted by Gasteiger charge is -2.33. The molecular weight excluding hydrogens is 488 g/mol. The topological polar surface area (TPSA) is 54.9 Å². The van der Waals surface area contributed by atoms with E-state index in [9.17, 15) is 9.18 Å². The van der Waals surface area contributed by atoms with Crippen LogP contribution in [0.5, 0.6) is 5.75 Å². The fourth-order valence-electron chi connectivity index (χ4n) is 3.53. The maximum Gasteiger partial charge on any atom is 0.272 e. The van der Waals surface area contributed by atoms with Gasteiger partial charge in [0.05, 0.1) is 17.9 Å². The van der Waals surface area contributed by atoms with Crippen LogP contribution in [0.2, 0.25) is 5.02 Å². The average Bonchev–Trinajstić information content (AvgIpc) is 3.21. The Morgan fingerprint density at radius 3 is 2.61 bits per heavy atom. The Morgan fingerprint density at radius 1 is 1.24 bits per heavy atom. The molecule has 4 rings (SSSR count). The van der Waals surface area contributed by atoms with Crippen LogP contribution in [0.4, 0.5) is 9.52 Å². The largest absolute Gasteiger partial charge is 0.478 e. The van der Waals surface area contributed by atoms with E-state index in [-0.39, 0.29) is 23.8 Å². The number of carbonyl (C=O) groups excluding carboxylic acids is 1. The number of aromatic nitrogens is 1. The molecule has 1 aliphatic rings. The molecule has 0 N–H and O–H groups in total. The van der Waals surface area contributed by atoms with E-state index >= 15 is 0 Å². The minimum atomic E-state index is -1.17. The van der Waals surface area contributed by atoms with Crippen LogP contribution in [0.1, 0.15) is 13.8 Å². The first kappa shape index (κ1) is 25.6. The standard InChI is InChI=1S/C23H25ClFN3O3S.ClH/c1-23(2,31-17-8-6-16(24)7-9-17)21(29)28(11-10-27-12-14-30-15-13-27)22-26-20-18(25)4-3-5-19(20)32-22;/h3-9H,10-15H2,1-2H3;1H. The number of halogens is 3. The average molecular weight is 514 g/mol. The second kappa shape index (κ2) is 11.0. The molecule has 1 fully saturated rings. The molecule has 0 unspecified atom stereocenters. The number of rotatable bonds is 7. The van der Waals surface area contributed by atoms with Crippen molar-refractivity contribution >= 4 is 56.6 Å². The van der Waals surface area contributed by atoms with E-state index in [1.807, 2.05) is 0 Å². The third-order valence-corrected chi connectivity index (χ3v) is 6.58. The summed E-state index contributed by atoms with van der Waals surface area (Å²) in [7, 11) is 0. The van der Waals surface area contributed by atoms with Crippen molar-refractivity contribution in [3.05, 3.63) is 53.3 Å². The van der Waals surface area contributed by atoms with Crippen LogP contribution in [0.15, 0.2) is 42.5 Å². The Hall–Kier alpha value is -1.97. The molecule has 1 aliphatic heterocycles. The van der Waals surface area contributed by atoms with Crippen molar-refractivity contribution in [3.63, 3.8) is 0 Å². The lowest BCUT2D eigenvalue weighted by Crippen LogP contribution is -2.51. The number of carbonyl (C=O) groups is 1. The summed E-state index contributed by atoms with van der Waals surface area (Å²) in [6.45, 7) is 7.47. The fraction of sp³-hybridized carbons (Fsp3) is 0.391. The minimum absolute atomic E-state index is 0. The van der Waals surface area contributed by atoms with Crippen LogP contribution in [-0.4, -0.2) is 60.8 Å². The predicted octanol–water partition coefficient (Wildman–Crippen LogP) is 5.03. The molecule has 2 heterocycles. The van der Waals surface area contributed by atoms with Gasteiger partial charge in [0.25, 0.3) is 5.91 Å². The number of hydrogen-bond donors (Lipinski definition) is 0. The third-order valence-electron chi connectivity index (χ3n) is 5.28. The number of hydrogen-bond acceptors (Lipinski definition) is 6. The number of benzene rings is 2. The number of thiazole rings is 1. The number of para-hydroxylation sites is 1. The van der Waals surface area contributed by atoms with E-state index in [0.29, 0.717) is 46.9 Å². The first-order chi connectivity index (χ1) is 15.3. The van der Waals surface area contributed by atoms with Gasteiger partial charge in [0.1, 0.15) is 17.1 Å². The molecule has 10 heteroatoms. The van der Waals surface area contributed by atoms with Crippen LogP contribution >= 0.6 is 35.3 Å². The van der Waals surface area contributed by atoms with Gasteiger partial charge in [-0.15, -0.1) is 12.4 Å². The maximum atomic E-state index is 14.3. The number of fused-ring (bicyclic) bond motifs is 1. The van der Waals surface area contributed by atoms with Crippen molar-refractivity contribution in [2.24, 2.45) is 0 Å². The van der Waals surface area contributed by atoms with E-state index in [0.717, 1.165) is 13.1 Å². The molecule has 0 spiro atoms. The van der Waals surface area contributed by atoms with Crippen LogP contribution in [0, 0.1) is 5.82 Å². The van der Waals surface area contributed by atoms with Crippen molar-refractivity contribution < 1.29 is 18.7 Å². The quantitative estimate of drug-likeness (QED) is 0.443. The SMILES string of the molecule is CC(C)(Oc1ccc(Cl)cc1)C(=O)N(CCN1CCOCC1)c1nc2c(F)cccc2s1.Cl.